The Morgan fingerprint density at radius 1 is 0.636 bits per heavy atom. The van der Waals surface area contributed by atoms with Crippen molar-refractivity contribution in [2.45, 2.75) is 145 Å². The van der Waals surface area contributed by atoms with Crippen molar-refractivity contribution in [1.82, 2.24) is 0 Å². The first-order valence-corrected chi connectivity index (χ1v) is 22.2. The van der Waals surface area contributed by atoms with Crippen molar-refractivity contribution in [3.8, 4) is 0 Å². The Morgan fingerprint density at radius 2 is 1.03 bits per heavy atom. The molecule has 33 heavy (non-hydrogen) atoms. The number of phosphoric acid groups is 1. The van der Waals surface area contributed by atoms with E-state index in [4.69, 9.17) is 9.05 Å². The predicted molar refractivity (Wildman–Crippen MR) is 146 cm³/mol. The molecule has 0 rings (SSSR count). The van der Waals surface area contributed by atoms with Gasteiger partial charge in [-0.15, -0.1) is 0 Å². The van der Waals surface area contributed by atoms with E-state index in [9.17, 15) is 9.46 Å². The number of phosphoric ester groups is 1. The molecule has 0 saturated carbocycles. The van der Waals surface area contributed by atoms with Crippen LogP contribution in [0.3, 0.4) is 0 Å². The van der Waals surface area contributed by atoms with Gasteiger partial charge in [-0.3, -0.25) is 0 Å². The molecule has 0 aliphatic rings. The summed E-state index contributed by atoms with van der Waals surface area (Å²) in [4.78, 5) is 11.7. The molecule has 6 heteroatoms. The van der Waals surface area contributed by atoms with Crippen molar-refractivity contribution >= 4 is 21.4 Å². The molecule has 4 nitrogen and oxygen atoms in total. The van der Waals surface area contributed by atoms with Crippen molar-refractivity contribution in [3.63, 3.8) is 0 Å². The maximum atomic E-state index is 11.7. The summed E-state index contributed by atoms with van der Waals surface area (Å²) in [7, 11) is -4.10. The van der Waals surface area contributed by atoms with Crippen LogP contribution in [0, 0.1) is 0 Å². The third-order valence-corrected chi connectivity index (χ3v) is 10.1. The molecular formula is C27H56AsO4P-. The summed E-state index contributed by atoms with van der Waals surface area (Å²) in [6.07, 6.45) is 27.8. The molecule has 0 saturated heterocycles. The molecule has 0 fully saturated rings. The fraction of sp³-hybridized carbons (Fsp3) is 0.926. The molecule has 0 aromatic heterocycles. The summed E-state index contributed by atoms with van der Waals surface area (Å²) in [5, 5.41) is 0.865. The molecule has 0 spiro atoms. The number of hydrogen-bond donors (Lipinski definition) is 0. The van der Waals surface area contributed by atoms with Crippen LogP contribution in [0.5, 0.6) is 0 Å². The van der Waals surface area contributed by atoms with E-state index in [2.05, 4.69) is 36.2 Å². The van der Waals surface area contributed by atoms with Gasteiger partial charge in [0.25, 0.3) is 0 Å². The molecule has 0 N–H and O–H groups in total. The fourth-order valence-electron chi connectivity index (χ4n) is 3.70. The Kier molecular flexibility index (Phi) is 23.1. The van der Waals surface area contributed by atoms with E-state index in [0.29, 0.717) is 0 Å². The molecule has 0 heterocycles. The van der Waals surface area contributed by atoms with E-state index in [1.54, 1.807) is 0 Å². The van der Waals surface area contributed by atoms with Crippen molar-refractivity contribution in [1.29, 1.82) is 0 Å². The number of allylic oxidation sites excluding steroid dienone is 2. The van der Waals surface area contributed by atoms with Gasteiger partial charge in [0.2, 0.25) is 0 Å². The minimum atomic E-state index is -4.10. The molecule has 199 valence electrons. The van der Waals surface area contributed by atoms with Crippen LogP contribution in [0.25, 0.3) is 0 Å². The van der Waals surface area contributed by atoms with E-state index in [1.807, 2.05) is 0 Å². The summed E-state index contributed by atoms with van der Waals surface area (Å²) >= 11 is -1.60. The Balaban J connectivity index is 3.29. The summed E-state index contributed by atoms with van der Waals surface area (Å²) in [6, 6.07) is 0. The SMILES string of the molecule is CCCCCCCC/C=C\CCCCCCCCCCCCOP(=O)([O-])OCC[As](C)(C)C. The molecule has 1 radical (unpaired) electrons. The molecule has 1 atom stereocenters. The first kappa shape index (κ1) is 33.4. The van der Waals surface area contributed by atoms with Crippen molar-refractivity contribution < 1.29 is 18.5 Å². The van der Waals surface area contributed by atoms with Crippen LogP contribution < -0.4 is 4.89 Å². The average Bonchev–Trinajstić information content (AvgIpc) is 2.73. The molecular weight excluding hydrogens is 494 g/mol. The van der Waals surface area contributed by atoms with Gasteiger partial charge in [0.1, 0.15) is 0 Å². The predicted octanol–water partition coefficient (Wildman–Crippen LogP) is 9.42. The van der Waals surface area contributed by atoms with Gasteiger partial charge in [-0.25, -0.2) is 0 Å². The zero-order valence-corrected chi connectivity index (χ0v) is 25.3. The standard InChI is InChI=1S/C27H57AsO4P/c1-5-6-7-8-9-10-11-12-13-14-15-16-17-18-19-20-21-22-23-24-26-31-33(29,30)32-27-25-28(2,3)4/h12-13H,5-11,14-27H2,1-4H3,(H,29,30)/p-1/b13-12-. The van der Waals surface area contributed by atoms with Crippen molar-refractivity contribution in [2.75, 3.05) is 13.2 Å². The van der Waals surface area contributed by atoms with Gasteiger partial charge in [-0.05, 0) is 25.7 Å². The third-order valence-electron chi connectivity index (χ3n) is 5.92. The quantitative estimate of drug-likeness (QED) is 0.0492. The summed E-state index contributed by atoms with van der Waals surface area (Å²) < 4.78 is 21.7. The number of unbranched alkanes of at least 4 members (excludes halogenated alkanes) is 16. The fourth-order valence-corrected chi connectivity index (χ4v) is 6.09. The van der Waals surface area contributed by atoms with Crippen molar-refractivity contribution in [2.24, 2.45) is 0 Å². The van der Waals surface area contributed by atoms with Crippen LogP contribution in [0.1, 0.15) is 122 Å². The van der Waals surface area contributed by atoms with Crippen molar-refractivity contribution in [3.05, 3.63) is 12.2 Å². The van der Waals surface area contributed by atoms with Crippen LogP contribution in [-0.4, -0.2) is 26.8 Å². The number of hydrogen-bond acceptors (Lipinski definition) is 4. The van der Waals surface area contributed by atoms with Gasteiger partial charge in [-0.1, -0.05) is 70.4 Å². The maximum absolute atomic E-state index is 11.7. The second kappa shape index (κ2) is 22.8. The van der Waals surface area contributed by atoms with E-state index >= 15 is 0 Å². The first-order chi connectivity index (χ1) is 15.8. The second-order valence-electron chi connectivity index (χ2n) is 10.5. The van der Waals surface area contributed by atoms with Crippen LogP contribution in [-0.2, 0) is 13.6 Å². The summed E-state index contributed by atoms with van der Waals surface area (Å²) in [6.45, 7) is 2.80. The molecule has 0 aliphatic carbocycles. The molecule has 0 aromatic carbocycles. The Hall–Kier alpha value is 0.408. The van der Waals surface area contributed by atoms with E-state index < -0.39 is 21.4 Å². The Bertz CT molecular complexity index is 491. The van der Waals surface area contributed by atoms with Gasteiger partial charge < -0.3 is 0 Å². The number of rotatable bonds is 25. The topological polar surface area (TPSA) is 58.6 Å². The van der Waals surface area contributed by atoms with Gasteiger partial charge in [-0.2, -0.15) is 0 Å². The van der Waals surface area contributed by atoms with Gasteiger partial charge in [0, 0.05) is 0 Å². The van der Waals surface area contributed by atoms with Crippen LogP contribution >= 0.6 is 7.82 Å². The molecule has 0 amide bonds. The zero-order valence-electron chi connectivity index (χ0n) is 22.5. The normalized spacial score (nSPS) is 14.2. The average molecular weight is 551 g/mol. The van der Waals surface area contributed by atoms with E-state index in [1.165, 1.54) is 96.3 Å². The monoisotopic (exact) mass is 550 g/mol. The van der Waals surface area contributed by atoms with E-state index in [-0.39, 0.29) is 13.2 Å². The van der Waals surface area contributed by atoms with E-state index in [0.717, 1.165) is 24.5 Å². The van der Waals surface area contributed by atoms with Crippen LogP contribution in [0.4, 0.5) is 0 Å². The molecule has 0 aromatic rings. The zero-order chi connectivity index (χ0) is 24.7. The van der Waals surface area contributed by atoms with Crippen LogP contribution in [0.15, 0.2) is 12.2 Å². The third kappa shape index (κ3) is 28.5. The van der Waals surface area contributed by atoms with Crippen LogP contribution in [0.2, 0.25) is 22.3 Å². The molecule has 0 bridgehead atoms. The summed E-state index contributed by atoms with van der Waals surface area (Å²) in [5.41, 5.74) is 6.69. The first-order valence-electron chi connectivity index (χ1n) is 13.8. The minimum absolute atomic E-state index is 0.254. The molecule has 0 aliphatic heterocycles. The van der Waals surface area contributed by atoms with Gasteiger partial charge in [0.15, 0.2) is 0 Å². The second-order valence-corrected chi connectivity index (χ2v) is 22.4. The Labute approximate surface area is 209 Å². The Morgan fingerprint density at radius 3 is 1.48 bits per heavy atom. The van der Waals surface area contributed by atoms with Gasteiger partial charge in [0.05, 0.1) is 0 Å². The van der Waals surface area contributed by atoms with Gasteiger partial charge >= 0.3 is 114 Å². The molecule has 1 unspecified atom stereocenters. The summed E-state index contributed by atoms with van der Waals surface area (Å²) in [5.74, 6) is 0.